The van der Waals surface area contributed by atoms with Crippen LogP contribution in [-0.2, 0) is 11.3 Å². The van der Waals surface area contributed by atoms with Crippen LogP contribution < -0.4 is 10.1 Å². The summed E-state index contributed by atoms with van der Waals surface area (Å²) in [7, 11) is 1.61. The second-order valence-corrected chi connectivity index (χ2v) is 5.87. The SMILES string of the molecule is COc1ccc2[nH]c(C(=O)NCc3noc(C4CCCO4)n3)cc2c1. The minimum Gasteiger partial charge on any atom is -0.497 e. The summed E-state index contributed by atoms with van der Waals surface area (Å²) in [5, 5.41) is 7.57. The number of H-pyrrole nitrogens is 1. The van der Waals surface area contributed by atoms with Gasteiger partial charge in [-0.1, -0.05) is 5.16 Å². The molecule has 1 aromatic carbocycles. The lowest BCUT2D eigenvalue weighted by Gasteiger charge is -2.01. The second kappa shape index (κ2) is 6.56. The number of benzene rings is 1. The van der Waals surface area contributed by atoms with Crippen molar-refractivity contribution in [1.29, 1.82) is 0 Å². The van der Waals surface area contributed by atoms with Gasteiger partial charge in [0, 0.05) is 17.5 Å². The molecule has 1 unspecified atom stereocenters. The molecule has 1 aliphatic rings. The highest BCUT2D eigenvalue weighted by Crippen LogP contribution is 2.27. The number of aromatic amines is 1. The number of rotatable bonds is 5. The fourth-order valence-corrected chi connectivity index (χ4v) is 2.86. The number of hydrogen-bond donors (Lipinski definition) is 2. The van der Waals surface area contributed by atoms with Crippen molar-refractivity contribution in [1.82, 2.24) is 20.4 Å². The van der Waals surface area contributed by atoms with Crippen LogP contribution in [0.25, 0.3) is 10.9 Å². The number of carbonyl (C=O) groups is 1. The smallest absolute Gasteiger partial charge is 0.268 e. The van der Waals surface area contributed by atoms with Crippen LogP contribution >= 0.6 is 0 Å². The van der Waals surface area contributed by atoms with E-state index in [1.54, 1.807) is 13.2 Å². The molecule has 0 spiro atoms. The minimum absolute atomic E-state index is 0.124. The first kappa shape index (κ1) is 15.6. The molecule has 1 saturated heterocycles. The van der Waals surface area contributed by atoms with Gasteiger partial charge in [-0.15, -0.1) is 0 Å². The van der Waals surface area contributed by atoms with E-state index in [4.69, 9.17) is 14.0 Å². The standard InChI is InChI=1S/C17H18N4O4/c1-23-11-4-5-12-10(7-11)8-13(19-12)16(22)18-9-15-20-17(25-21-15)14-3-2-6-24-14/h4-5,7-8,14,19H,2-3,6,9H2,1H3,(H,18,22). The summed E-state index contributed by atoms with van der Waals surface area (Å²) in [6.45, 7) is 0.901. The topological polar surface area (TPSA) is 102 Å². The van der Waals surface area contributed by atoms with E-state index in [1.807, 2.05) is 18.2 Å². The fourth-order valence-electron chi connectivity index (χ4n) is 2.86. The third-order valence-corrected chi connectivity index (χ3v) is 4.17. The number of amides is 1. The third-order valence-electron chi connectivity index (χ3n) is 4.17. The summed E-state index contributed by atoms with van der Waals surface area (Å²) < 4.78 is 15.9. The predicted molar refractivity (Wildman–Crippen MR) is 88.2 cm³/mol. The molecule has 8 heteroatoms. The molecular formula is C17H18N4O4. The van der Waals surface area contributed by atoms with Crippen LogP contribution in [0.4, 0.5) is 0 Å². The van der Waals surface area contributed by atoms with Crippen molar-refractivity contribution in [2.75, 3.05) is 13.7 Å². The van der Waals surface area contributed by atoms with E-state index in [0.717, 1.165) is 29.5 Å². The summed E-state index contributed by atoms with van der Waals surface area (Å²) in [5.41, 5.74) is 1.33. The van der Waals surface area contributed by atoms with Crippen LogP contribution in [0.3, 0.4) is 0 Å². The molecule has 2 aromatic heterocycles. The Balaban J connectivity index is 1.41. The lowest BCUT2D eigenvalue weighted by molar-refractivity contribution is 0.0835. The van der Waals surface area contributed by atoms with E-state index in [-0.39, 0.29) is 18.6 Å². The molecule has 3 aromatic rings. The number of fused-ring (bicyclic) bond motifs is 1. The van der Waals surface area contributed by atoms with Gasteiger partial charge in [-0.05, 0) is 37.1 Å². The maximum Gasteiger partial charge on any atom is 0.268 e. The summed E-state index contributed by atoms with van der Waals surface area (Å²) in [6.07, 6.45) is 1.75. The molecule has 1 amide bonds. The van der Waals surface area contributed by atoms with Gasteiger partial charge in [0.05, 0.1) is 13.7 Å². The largest absolute Gasteiger partial charge is 0.497 e. The Hall–Kier alpha value is -2.87. The molecule has 25 heavy (non-hydrogen) atoms. The number of hydrogen-bond acceptors (Lipinski definition) is 6. The molecule has 0 saturated carbocycles. The zero-order valence-electron chi connectivity index (χ0n) is 13.7. The van der Waals surface area contributed by atoms with Crippen LogP contribution in [0, 0.1) is 0 Å². The van der Waals surface area contributed by atoms with Crippen LogP contribution in [0.5, 0.6) is 5.75 Å². The maximum atomic E-state index is 12.3. The van der Waals surface area contributed by atoms with E-state index >= 15 is 0 Å². The van der Waals surface area contributed by atoms with Crippen molar-refractivity contribution in [2.45, 2.75) is 25.5 Å². The Labute approximate surface area is 143 Å². The molecule has 0 radical (unpaired) electrons. The number of nitrogens with one attached hydrogen (secondary N) is 2. The first-order chi connectivity index (χ1) is 12.2. The monoisotopic (exact) mass is 342 g/mol. The number of carbonyl (C=O) groups excluding carboxylic acids is 1. The van der Waals surface area contributed by atoms with Gasteiger partial charge >= 0.3 is 0 Å². The highest BCUT2D eigenvalue weighted by atomic mass is 16.5. The van der Waals surface area contributed by atoms with Gasteiger partial charge in [0.15, 0.2) is 5.82 Å². The van der Waals surface area contributed by atoms with E-state index in [1.165, 1.54) is 0 Å². The highest BCUT2D eigenvalue weighted by molar-refractivity contribution is 5.98. The number of ether oxygens (including phenoxy) is 2. The summed E-state index contributed by atoms with van der Waals surface area (Å²) >= 11 is 0. The Morgan fingerprint density at radius 2 is 2.36 bits per heavy atom. The minimum atomic E-state index is -0.237. The normalized spacial score (nSPS) is 17.1. The van der Waals surface area contributed by atoms with Crippen molar-refractivity contribution in [2.24, 2.45) is 0 Å². The average molecular weight is 342 g/mol. The molecular weight excluding hydrogens is 324 g/mol. The molecule has 1 atom stereocenters. The van der Waals surface area contributed by atoms with Gasteiger partial charge in [-0.2, -0.15) is 4.98 Å². The lowest BCUT2D eigenvalue weighted by atomic mass is 10.2. The predicted octanol–water partition coefficient (Wildman–Crippen LogP) is 2.34. The Bertz CT molecular complexity index is 895. The van der Waals surface area contributed by atoms with E-state index in [2.05, 4.69) is 20.4 Å². The molecule has 8 nitrogen and oxygen atoms in total. The van der Waals surface area contributed by atoms with Crippen LogP contribution in [0.2, 0.25) is 0 Å². The van der Waals surface area contributed by atoms with Crippen LogP contribution in [-0.4, -0.2) is 34.7 Å². The van der Waals surface area contributed by atoms with Gasteiger partial charge in [-0.3, -0.25) is 4.79 Å². The van der Waals surface area contributed by atoms with Gasteiger partial charge in [0.25, 0.3) is 11.8 Å². The molecule has 4 rings (SSSR count). The molecule has 2 N–H and O–H groups in total. The number of methoxy groups -OCH3 is 1. The lowest BCUT2D eigenvalue weighted by Crippen LogP contribution is -2.23. The van der Waals surface area contributed by atoms with E-state index in [9.17, 15) is 4.79 Å². The van der Waals surface area contributed by atoms with Gasteiger partial charge in [0.2, 0.25) is 0 Å². The van der Waals surface area contributed by atoms with E-state index in [0.29, 0.717) is 24.0 Å². The summed E-state index contributed by atoms with van der Waals surface area (Å²) in [4.78, 5) is 19.7. The molecule has 3 heterocycles. The zero-order valence-corrected chi connectivity index (χ0v) is 13.7. The first-order valence-corrected chi connectivity index (χ1v) is 8.12. The first-order valence-electron chi connectivity index (χ1n) is 8.12. The van der Waals surface area contributed by atoms with Gasteiger partial charge in [-0.25, -0.2) is 0 Å². The molecule has 0 aliphatic carbocycles. The molecule has 0 bridgehead atoms. The summed E-state index contributed by atoms with van der Waals surface area (Å²) in [6, 6.07) is 7.36. The van der Waals surface area contributed by atoms with Crippen molar-refractivity contribution in [3.05, 3.63) is 41.7 Å². The Morgan fingerprint density at radius 3 is 3.16 bits per heavy atom. The van der Waals surface area contributed by atoms with Crippen LogP contribution in [0.1, 0.15) is 41.1 Å². The van der Waals surface area contributed by atoms with E-state index < -0.39 is 0 Å². The quantitative estimate of drug-likeness (QED) is 0.738. The molecule has 1 fully saturated rings. The van der Waals surface area contributed by atoms with Gasteiger partial charge in [0.1, 0.15) is 17.5 Å². The third kappa shape index (κ3) is 3.20. The molecule has 130 valence electrons. The van der Waals surface area contributed by atoms with Crippen molar-refractivity contribution < 1.29 is 18.8 Å². The van der Waals surface area contributed by atoms with Crippen molar-refractivity contribution in [3.8, 4) is 5.75 Å². The number of nitrogens with zero attached hydrogens (tertiary/aromatic N) is 2. The molecule has 1 aliphatic heterocycles. The number of aromatic nitrogens is 3. The Morgan fingerprint density at radius 1 is 1.44 bits per heavy atom. The fraction of sp³-hybridized carbons (Fsp3) is 0.353. The van der Waals surface area contributed by atoms with Gasteiger partial charge < -0.3 is 24.3 Å². The second-order valence-electron chi connectivity index (χ2n) is 5.87. The summed E-state index contributed by atoms with van der Waals surface area (Å²) in [5.74, 6) is 1.40. The average Bonchev–Trinajstić information content (AvgIpc) is 3.38. The van der Waals surface area contributed by atoms with Crippen molar-refractivity contribution in [3.63, 3.8) is 0 Å². The van der Waals surface area contributed by atoms with Crippen molar-refractivity contribution >= 4 is 16.8 Å². The Kier molecular flexibility index (Phi) is 4.10. The highest BCUT2D eigenvalue weighted by Gasteiger charge is 2.24. The zero-order chi connectivity index (χ0) is 17.2. The maximum absolute atomic E-state index is 12.3. The van der Waals surface area contributed by atoms with Crippen LogP contribution in [0.15, 0.2) is 28.8 Å².